The minimum Gasteiger partial charge on any atom is -0.456 e. The fraction of sp³-hybridized carbons (Fsp3) is 0.200. The molecule has 0 aliphatic rings. The summed E-state index contributed by atoms with van der Waals surface area (Å²) in [4.78, 5) is 26.5. The molecule has 120 valence electrons. The number of rotatable bonds is 7. The number of benzene rings is 1. The largest absolute Gasteiger partial charge is 0.456 e. The number of aromatic nitrogens is 1. The van der Waals surface area contributed by atoms with E-state index in [9.17, 15) is 14.9 Å². The van der Waals surface area contributed by atoms with Gasteiger partial charge in [-0.15, -0.1) is 0 Å². The van der Waals surface area contributed by atoms with Crippen LogP contribution in [0.2, 0.25) is 0 Å². The molecule has 23 heavy (non-hydrogen) atoms. The van der Waals surface area contributed by atoms with Gasteiger partial charge in [0.1, 0.15) is 6.61 Å². The number of ether oxygens (including phenoxy) is 1. The number of esters is 1. The molecule has 2 aromatic rings. The Hall–Kier alpha value is -3.00. The lowest BCUT2D eigenvalue weighted by Crippen LogP contribution is -2.13. The Bertz CT molecular complexity index is 691. The molecule has 0 atom stereocenters. The van der Waals surface area contributed by atoms with Gasteiger partial charge in [-0.25, -0.2) is 4.79 Å². The Morgan fingerprint density at radius 1 is 1.35 bits per heavy atom. The standard InChI is InChI=1S/C15H15N3O5/c19-8-7-17-14-5-4-12(18(21)22)9-13(14)15(20)23-10-11-3-1-2-6-16-11/h1-6,9,17,19H,7-8,10H2. The first-order chi connectivity index (χ1) is 11.1. The van der Waals surface area contributed by atoms with Crippen molar-refractivity contribution < 1.29 is 19.6 Å². The van der Waals surface area contributed by atoms with Crippen LogP contribution in [0, 0.1) is 10.1 Å². The van der Waals surface area contributed by atoms with Gasteiger partial charge in [0.2, 0.25) is 0 Å². The van der Waals surface area contributed by atoms with E-state index in [0.29, 0.717) is 11.4 Å². The van der Waals surface area contributed by atoms with Crippen molar-refractivity contribution in [2.45, 2.75) is 6.61 Å². The number of carbonyl (C=O) groups is 1. The van der Waals surface area contributed by atoms with Crippen molar-refractivity contribution in [3.63, 3.8) is 0 Å². The molecular weight excluding hydrogens is 302 g/mol. The van der Waals surface area contributed by atoms with E-state index in [1.165, 1.54) is 12.1 Å². The lowest BCUT2D eigenvalue weighted by molar-refractivity contribution is -0.384. The minimum atomic E-state index is -0.709. The van der Waals surface area contributed by atoms with Crippen LogP contribution in [0.5, 0.6) is 0 Å². The first-order valence-corrected chi connectivity index (χ1v) is 6.82. The summed E-state index contributed by atoms with van der Waals surface area (Å²) in [6.45, 7) is 0.0273. The highest BCUT2D eigenvalue weighted by Gasteiger charge is 2.18. The monoisotopic (exact) mass is 317 g/mol. The highest BCUT2D eigenvalue weighted by Crippen LogP contribution is 2.23. The predicted octanol–water partition coefficient (Wildman–Crippen LogP) is 1.75. The number of nitrogens with one attached hydrogen (secondary N) is 1. The maximum Gasteiger partial charge on any atom is 0.340 e. The molecule has 1 aromatic carbocycles. The maximum atomic E-state index is 12.2. The van der Waals surface area contributed by atoms with Gasteiger partial charge in [0.15, 0.2) is 0 Å². The number of nitrogens with zero attached hydrogens (tertiary/aromatic N) is 2. The van der Waals surface area contributed by atoms with Gasteiger partial charge in [0, 0.05) is 30.6 Å². The summed E-state index contributed by atoms with van der Waals surface area (Å²) in [5.74, 6) is -0.709. The predicted molar refractivity (Wildman–Crippen MR) is 82.0 cm³/mol. The second-order valence-corrected chi connectivity index (χ2v) is 4.53. The summed E-state index contributed by atoms with van der Waals surface area (Å²) in [6, 6.07) is 9.02. The number of hydrogen-bond acceptors (Lipinski definition) is 7. The van der Waals surface area contributed by atoms with Crippen molar-refractivity contribution in [2.75, 3.05) is 18.5 Å². The molecular formula is C15H15N3O5. The molecule has 1 heterocycles. The molecule has 0 saturated heterocycles. The van der Waals surface area contributed by atoms with E-state index in [-0.39, 0.29) is 31.0 Å². The smallest absolute Gasteiger partial charge is 0.340 e. The van der Waals surface area contributed by atoms with Crippen LogP contribution in [0.4, 0.5) is 11.4 Å². The molecule has 8 heteroatoms. The average molecular weight is 317 g/mol. The minimum absolute atomic E-state index is 0.0311. The lowest BCUT2D eigenvalue weighted by atomic mass is 10.1. The van der Waals surface area contributed by atoms with E-state index in [1.54, 1.807) is 24.4 Å². The van der Waals surface area contributed by atoms with Crippen LogP contribution < -0.4 is 5.32 Å². The molecule has 0 aliphatic carbocycles. The van der Waals surface area contributed by atoms with Crippen LogP contribution in [0.3, 0.4) is 0 Å². The third kappa shape index (κ3) is 4.48. The molecule has 0 spiro atoms. The zero-order valence-corrected chi connectivity index (χ0v) is 12.1. The second-order valence-electron chi connectivity index (χ2n) is 4.53. The number of carbonyl (C=O) groups excluding carboxylic acids is 1. The Morgan fingerprint density at radius 3 is 2.83 bits per heavy atom. The molecule has 1 aromatic heterocycles. The number of nitro groups is 1. The summed E-state index contributed by atoms with van der Waals surface area (Å²) in [5, 5.41) is 22.5. The van der Waals surface area contributed by atoms with Crippen LogP contribution in [0.1, 0.15) is 16.1 Å². The van der Waals surface area contributed by atoms with Crippen LogP contribution in [0.25, 0.3) is 0 Å². The number of non-ortho nitro benzene ring substituents is 1. The normalized spacial score (nSPS) is 10.1. The van der Waals surface area contributed by atoms with E-state index >= 15 is 0 Å². The van der Waals surface area contributed by atoms with E-state index < -0.39 is 10.9 Å². The Kier molecular flexibility index (Phi) is 5.59. The molecule has 2 N–H and O–H groups in total. The van der Waals surface area contributed by atoms with E-state index in [2.05, 4.69) is 10.3 Å². The van der Waals surface area contributed by atoms with Crippen LogP contribution in [-0.4, -0.2) is 34.1 Å². The van der Waals surface area contributed by atoms with Crippen molar-refractivity contribution in [1.82, 2.24) is 4.98 Å². The highest BCUT2D eigenvalue weighted by atomic mass is 16.6. The van der Waals surface area contributed by atoms with Crippen LogP contribution in [-0.2, 0) is 11.3 Å². The number of anilines is 1. The van der Waals surface area contributed by atoms with Crippen molar-refractivity contribution >= 4 is 17.3 Å². The SMILES string of the molecule is O=C(OCc1ccccn1)c1cc([N+](=O)[O-])ccc1NCCO. The fourth-order valence-corrected chi connectivity index (χ4v) is 1.86. The Labute approximate surface area is 131 Å². The summed E-state index contributed by atoms with van der Waals surface area (Å²) >= 11 is 0. The fourth-order valence-electron chi connectivity index (χ4n) is 1.86. The van der Waals surface area contributed by atoms with E-state index in [4.69, 9.17) is 9.84 Å². The molecule has 0 unspecified atom stereocenters. The van der Waals surface area contributed by atoms with Gasteiger partial charge in [0.25, 0.3) is 5.69 Å². The van der Waals surface area contributed by atoms with Crippen molar-refractivity contribution in [3.05, 3.63) is 64.0 Å². The molecule has 2 rings (SSSR count). The van der Waals surface area contributed by atoms with E-state index in [0.717, 1.165) is 6.07 Å². The van der Waals surface area contributed by atoms with Gasteiger partial charge >= 0.3 is 5.97 Å². The second kappa shape index (κ2) is 7.85. The Balaban J connectivity index is 2.18. The quantitative estimate of drug-likeness (QED) is 0.454. The highest BCUT2D eigenvalue weighted by molar-refractivity contribution is 5.96. The lowest BCUT2D eigenvalue weighted by Gasteiger charge is -2.11. The topological polar surface area (TPSA) is 115 Å². The maximum absolute atomic E-state index is 12.2. The molecule has 0 aliphatic heterocycles. The van der Waals surface area contributed by atoms with Gasteiger partial charge in [-0.1, -0.05) is 6.07 Å². The first-order valence-electron chi connectivity index (χ1n) is 6.82. The average Bonchev–Trinajstić information content (AvgIpc) is 2.58. The molecule has 8 nitrogen and oxygen atoms in total. The molecule has 0 amide bonds. The zero-order chi connectivity index (χ0) is 16.7. The number of aliphatic hydroxyl groups is 1. The number of aliphatic hydroxyl groups excluding tert-OH is 1. The van der Waals surface area contributed by atoms with Crippen LogP contribution >= 0.6 is 0 Å². The van der Waals surface area contributed by atoms with Gasteiger partial charge in [-0.05, 0) is 18.2 Å². The third-order valence-corrected chi connectivity index (χ3v) is 2.94. The number of hydrogen-bond donors (Lipinski definition) is 2. The van der Waals surface area contributed by atoms with E-state index in [1.807, 2.05) is 0 Å². The third-order valence-electron chi connectivity index (χ3n) is 2.94. The van der Waals surface area contributed by atoms with Crippen molar-refractivity contribution in [3.8, 4) is 0 Å². The van der Waals surface area contributed by atoms with Gasteiger partial charge in [-0.3, -0.25) is 15.1 Å². The summed E-state index contributed by atoms with van der Waals surface area (Å²) in [5.41, 5.74) is 0.736. The summed E-state index contributed by atoms with van der Waals surface area (Å²) in [7, 11) is 0. The number of nitro benzene ring substituents is 1. The molecule has 0 radical (unpaired) electrons. The van der Waals surface area contributed by atoms with Crippen LogP contribution in [0.15, 0.2) is 42.6 Å². The number of pyridine rings is 1. The van der Waals surface area contributed by atoms with Gasteiger partial charge in [0.05, 0.1) is 22.8 Å². The summed E-state index contributed by atoms with van der Waals surface area (Å²) in [6.07, 6.45) is 1.57. The van der Waals surface area contributed by atoms with Gasteiger partial charge in [-0.2, -0.15) is 0 Å². The summed E-state index contributed by atoms with van der Waals surface area (Å²) < 4.78 is 5.14. The van der Waals surface area contributed by atoms with Gasteiger partial charge < -0.3 is 15.2 Å². The molecule has 0 fully saturated rings. The molecule has 0 saturated carbocycles. The van der Waals surface area contributed by atoms with Crippen molar-refractivity contribution in [1.29, 1.82) is 0 Å². The zero-order valence-electron chi connectivity index (χ0n) is 12.1. The molecule has 0 bridgehead atoms. The Morgan fingerprint density at radius 2 is 2.17 bits per heavy atom. The van der Waals surface area contributed by atoms with Crippen molar-refractivity contribution in [2.24, 2.45) is 0 Å². The first kappa shape index (κ1) is 16.4.